The van der Waals surface area contributed by atoms with Gasteiger partial charge in [-0.1, -0.05) is 0 Å². The molecule has 0 radical (unpaired) electrons. The average molecular weight is 218 g/mol. The number of hydrogen-bond donors (Lipinski definition) is 1. The molecule has 0 spiro atoms. The zero-order chi connectivity index (χ0) is 5.98. The van der Waals surface area contributed by atoms with E-state index in [9.17, 15) is 4.79 Å². The molecule has 0 saturated carbocycles. The Morgan fingerprint density at radius 2 is 2.50 bits per heavy atom. The van der Waals surface area contributed by atoms with Gasteiger partial charge >= 0.3 is 61.2 Å². The molecule has 0 aliphatic carbocycles. The van der Waals surface area contributed by atoms with Crippen molar-refractivity contribution >= 4 is 28.4 Å². The van der Waals surface area contributed by atoms with Crippen LogP contribution in [0.2, 0.25) is 0 Å². The molecule has 1 rings (SSSR count). The summed E-state index contributed by atoms with van der Waals surface area (Å²) in [7, 11) is 0. The van der Waals surface area contributed by atoms with Crippen molar-refractivity contribution in [2.45, 2.75) is 6.42 Å². The Morgan fingerprint density at radius 1 is 1.75 bits per heavy atom. The van der Waals surface area contributed by atoms with Gasteiger partial charge in [0.2, 0.25) is 0 Å². The fourth-order valence-electron chi connectivity index (χ4n) is 0.813. The fourth-order valence-corrected chi connectivity index (χ4v) is 2.39. The molecule has 1 saturated heterocycles. The van der Waals surface area contributed by atoms with Crippen LogP contribution >= 0.6 is 0 Å². The number of rotatable bonds is 0. The molecule has 0 atom stereocenters. The Bertz CT molecular complexity index is 141. The van der Waals surface area contributed by atoms with Gasteiger partial charge in [0.05, 0.1) is 0 Å². The summed E-state index contributed by atoms with van der Waals surface area (Å²) in [4.78, 5) is 10.7. The van der Waals surface area contributed by atoms with E-state index in [1.807, 2.05) is 0 Å². The molecule has 0 unspecified atom stereocenters. The number of carbonyl (C=O) groups excluding carboxylic acids is 1. The first kappa shape index (κ1) is 6.13. The zero-order valence-corrected chi connectivity index (χ0v) is 10.6. The normalized spacial score (nSPS) is 24.5. The third-order valence-electron chi connectivity index (χ3n) is 1.32. The van der Waals surface area contributed by atoms with Crippen molar-refractivity contribution in [1.29, 1.82) is 0 Å². The number of amides is 1. The summed E-state index contributed by atoms with van der Waals surface area (Å²) < 4.78 is 2.07. The van der Waals surface area contributed by atoms with Crippen LogP contribution in [0, 0.1) is 0 Å². The van der Waals surface area contributed by atoms with Crippen molar-refractivity contribution in [3.8, 4) is 0 Å². The Labute approximate surface area is 61.4 Å². The van der Waals surface area contributed by atoms with Gasteiger partial charge < -0.3 is 0 Å². The van der Waals surface area contributed by atoms with Crippen LogP contribution in [-0.4, -0.2) is 35.0 Å². The van der Waals surface area contributed by atoms with Gasteiger partial charge in [-0.15, -0.1) is 0 Å². The Kier molecular flexibility index (Phi) is 1.94. The van der Waals surface area contributed by atoms with Gasteiger partial charge in [0.1, 0.15) is 0 Å². The van der Waals surface area contributed by atoms with Gasteiger partial charge in [0.25, 0.3) is 0 Å². The number of nitrogens with one attached hydrogen (secondary N) is 1. The molecule has 3 heteroatoms. The van der Waals surface area contributed by atoms with Gasteiger partial charge in [0, 0.05) is 0 Å². The molecule has 2 nitrogen and oxygen atoms in total. The molecular formula is C5H9NOSn. The predicted octanol–water partition coefficient (Wildman–Crippen LogP) is -1.24. The van der Waals surface area contributed by atoms with Crippen molar-refractivity contribution < 1.29 is 4.79 Å². The standard InChI is InChI=1S/C5H6NO.Sn.3H/c1-4-2-3-6-5(4)7;;;;/h1H,2-3H2,(H,6,7);;;;. The van der Waals surface area contributed by atoms with Crippen LogP contribution in [0.4, 0.5) is 0 Å². The quantitative estimate of drug-likeness (QED) is 0.399. The number of hydrogen-bond acceptors (Lipinski definition) is 1. The van der Waals surface area contributed by atoms with E-state index < -0.39 is 0 Å². The molecule has 1 fully saturated rings. The Hall–Kier alpha value is 0.00870. The molecule has 8 heavy (non-hydrogen) atoms. The van der Waals surface area contributed by atoms with Crippen LogP contribution < -0.4 is 5.32 Å². The Balaban J connectivity index is 2.69. The van der Waals surface area contributed by atoms with Crippen molar-refractivity contribution in [1.82, 2.24) is 5.32 Å². The maximum atomic E-state index is 10.7. The third-order valence-corrected chi connectivity index (χ3v) is 3.31. The topological polar surface area (TPSA) is 29.1 Å². The van der Waals surface area contributed by atoms with Gasteiger partial charge in [-0.25, -0.2) is 0 Å². The molecule has 1 amide bonds. The van der Waals surface area contributed by atoms with Gasteiger partial charge in [-0.3, -0.25) is 0 Å². The third kappa shape index (κ3) is 1.05. The van der Waals surface area contributed by atoms with Crippen LogP contribution in [0.3, 0.4) is 0 Å². The van der Waals surface area contributed by atoms with Crippen LogP contribution in [0.5, 0.6) is 0 Å². The summed E-state index contributed by atoms with van der Waals surface area (Å²) in [5.74, 6) is 0.157. The maximum absolute atomic E-state index is 10.7. The second-order valence-corrected chi connectivity index (χ2v) is 3.47. The van der Waals surface area contributed by atoms with Gasteiger partial charge in [-0.05, 0) is 0 Å². The summed E-state index contributed by atoms with van der Waals surface area (Å²) in [6.45, 7) is 0.852. The first-order chi connectivity index (χ1) is 3.84. The predicted molar refractivity (Wildman–Crippen MR) is 35.6 cm³/mol. The molecule has 0 bridgehead atoms. The van der Waals surface area contributed by atoms with Crippen LogP contribution in [0.15, 0.2) is 9.67 Å². The molecule has 1 heterocycles. The van der Waals surface area contributed by atoms with E-state index in [-0.39, 0.29) is 5.91 Å². The van der Waals surface area contributed by atoms with Gasteiger partial charge in [0.15, 0.2) is 0 Å². The molecule has 0 aromatic heterocycles. The Morgan fingerprint density at radius 3 is 2.75 bits per heavy atom. The molecule has 44 valence electrons. The minimum absolute atomic E-state index is 0.157. The first-order valence-corrected chi connectivity index (χ1v) is 6.07. The van der Waals surface area contributed by atoms with Crippen LogP contribution in [0.1, 0.15) is 6.42 Å². The first-order valence-electron chi connectivity index (χ1n) is 2.78. The summed E-state index contributed by atoms with van der Waals surface area (Å²) in [5.41, 5.74) is 1.01. The van der Waals surface area contributed by atoms with Crippen molar-refractivity contribution in [2.24, 2.45) is 0 Å². The van der Waals surface area contributed by atoms with E-state index in [2.05, 4.69) is 9.41 Å². The molecule has 1 aliphatic rings. The van der Waals surface area contributed by atoms with Crippen molar-refractivity contribution in [3.05, 3.63) is 9.67 Å². The molecule has 0 aromatic rings. The van der Waals surface area contributed by atoms with E-state index in [1.54, 1.807) is 0 Å². The van der Waals surface area contributed by atoms with Crippen molar-refractivity contribution in [2.75, 3.05) is 6.54 Å². The van der Waals surface area contributed by atoms with E-state index in [4.69, 9.17) is 0 Å². The molecular weight excluding hydrogens is 209 g/mol. The summed E-state index contributed by atoms with van der Waals surface area (Å²) >= 11 is 0.540. The zero-order valence-electron chi connectivity index (χ0n) is 4.90. The summed E-state index contributed by atoms with van der Waals surface area (Å²) in [5, 5.41) is 2.75. The fraction of sp³-hybridized carbons (Fsp3) is 0.400. The second kappa shape index (κ2) is 2.53. The SMILES string of the molecule is O=C1NCCC1=[CH][SnH3]. The average Bonchev–Trinajstić information content (AvgIpc) is 2.14. The summed E-state index contributed by atoms with van der Waals surface area (Å²) in [6, 6.07) is 0. The van der Waals surface area contributed by atoms with Gasteiger partial charge in [-0.2, -0.15) is 0 Å². The molecule has 0 aromatic carbocycles. The molecule has 1 aliphatic heterocycles. The summed E-state index contributed by atoms with van der Waals surface area (Å²) in [6.07, 6.45) is 0.951. The molecule has 1 N–H and O–H groups in total. The van der Waals surface area contributed by atoms with E-state index in [1.165, 1.54) is 0 Å². The second-order valence-electron chi connectivity index (χ2n) is 1.82. The minimum atomic E-state index is 0.157. The van der Waals surface area contributed by atoms with Crippen LogP contribution in [-0.2, 0) is 4.79 Å². The van der Waals surface area contributed by atoms with E-state index >= 15 is 0 Å². The number of carbonyl (C=O) groups is 1. The van der Waals surface area contributed by atoms with Crippen molar-refractivity contribution in [3.63, 3.8) is 0 Å². The van der Waals surface area contributed by atoms with E-state index in [0.29, 0.717) is 22.5 Å². The monoisotopic (exact) mass is 219 g/mol. The van der Waals surface area contributed by atoms with E-state index in [0.717, 1.165) is 18.5 Å². The van der Waals surface area contributed by atoms with Crippen LogP contribution in [0.25, 0.3) is 0 Å².